The minimum absolute atomic E-state index is 0.0508. The molecule has 0 spiro atoms. The van der Waals surface area contributed by atoms with Crippen LogP contribution in [-0.2, 0) is 0 Å². The van der Waals surface area contributed by atoms with Crippen LogP contribution in [0.5, 0.6) is 5.75 Å². The summed E-state index contributed by atoms with van der Waals surface area (Å²) in [4.78, 5) is 10.4. The van der Waals surface area contributed by atoms with E-state index in [4.69, 9.17) is 4.74 Å². The summed E-state index contributed by atoms with van der Waals surface area (Å²) in [5, 5.41) is 14.1. The maximum atomic E-state index is 10.8. The molecule has 5 heteroatoms. The largest absolute Gasteiger partial charge is 0.496 e. The molecule has 0 heterocycles. The standard InChI is InChI=1S/C12H16N2O3/c1-8(9-3-4-9)13-10-5-11(14(15)16)7-12(6-10)17-2/h5-9,13H,3-4H2,1-2H3. The summed E-state index contributed by atoms with van der Waals surface area (Å²) in [7, 11) is 1.51. The first kappa shape index (κ1) is 11.7. The van der Waals surface area contributed by atoms with E-state index >= 15 is 0 Å². The van der Waals surface area contributed by atoms with E-state index in [9.17, 15) is 10.1 Å². The zero-order valence-corrected chi connectivity index (χ0v) is 9.97. The Balaban J connectivity index is 2.19. The zero-order valence-electron chi connectivity index (χ0n) is 9.97. The van der Waals surface area contributed by atoms with Gasteiger partial charge in [-0.3, -0.25) is 10.1 Å². The molecule has 17 heavy (non-hydrogen) atoms. The summed E-state index contributed by atoms with van der Waals surface area (Å²) in [6.07, 6.45) is 2.47. The molecule has 92 valence electrons. The number of rotatable bonds is 5. The summed E-state index contributed by atoms with van der Waals surface area (Å²) in [5.41, 5.74) is 0.797. The van der Waals surface area contributed by atoms with Crippen molar-refractivity contribution in [2.75, 3.05) is 12.4 Å². The van der Waals surface area contributed by atoms with E-state index in [-0.39, 0.29) is 5.69 Å². The molecule has 0 amide bonds. The highest BCUT2D eigenvalue weighted by atomic mass is 16.6. The second kappa shape index (κ2) is 4.61. The number of nitro groups is 1. The molecule has 5 nitrogen and oxygen atoms in total. The molecule has 0 radical (unpaired) electrons. The minimum Gasteiger partial charge on any atom is -0.496 e. The Morgan fingerprint density at radius 2 is 2.18 bits per heavy atom. The van der Waals surface area contributed by atoms with E-state index in [1.54, 1.807) is 12.1 Å². The minimum atomic E-state index is -0.407. The van der Waals surface area contributed by atoms with Gasteiger partial charge in [-0.1, -0.05) is 0 Å². The Bertz CT molecular complexity index is 430. The molecule has 1 aromatic rings. The van der Waals surface area contributed by atoms with Gasteiger partial charge in [0.1, 0.15) is 5.75 Å². The quantitative estimate of drug-likeness (QED) is 0.630. The Labute approximate surface area is 99.9 Å². The zero-order chi connectivity index (χ0) is 12.4. The molecule has 0 saturated heterocycles. The maximum absolute atomic E-state index is 10.8. The van der Waals surface area contributed by atoms with Gasteiger partial charge in [-0.2, -0.15) is 0 Å². The third-order valence-corrected chi connectivity index (χ3v) is 3.06. The average molecular weight is 236 g/mol. The van der Waals surface area contributed by atoms with Crippen molar-refractivity contribution in [3.8, 4) is 5.75 Å². The van der Waals surface area contributed by atoms with E-state index in [2.05, 4.69) is 12.2 Å². The number of nitrogens with one attached hydrogen (secondary N) is 1. The van der Waals surface area contributed by atoms with Crippen molar-refractivity contribution < 1.29 is 9.66 Å². The molecule has 1 aromatic carbocycles. The van der Waals surface area contributed by atoms with Crippen LogP contribution in [-0.4, -0.2) is 18.1 Å². The number of methoxy groups -OCH3 is 1. The SMILES string of the molecule is COc1cc(NC(C)C2CC2)cc([N+](=O)[O-])c1. The van der Waals surface area contributed by atoms with Crippen LogP contribution in [0.15, 0.2) is 18.2 Å². The van der Waals surface area contributed by atoms with Gasteiger partial charge in [0.2, 0.25) is 0 Å². The predicted octanol–water partition coefficient (Wildman–Crippen LogP) is 2.81. The van der Waals surface area contributed by atoms with Crippen molar-refractivity contribution in [3.63, 3.8) is 0 Å². The second-order valence-electron chi connectivity index (χ2n) is 4.45. The van der Waals surface area contributed by atoms with Gasteiger partial charge in [-0.25, -0.2) is 0 Å². The number of nitro benzene ring substituents is 1. The average Bonchev–Trinajstić information content (AvgIpc) is 3.12. The maximum Gasteiger partial charge on any atom is 0.275 e. The van der Waals surface area contributed by atoms with Crippen LogP contribution in [0.1, 0.15) is 19.8 Å². The van der Waals surface area contributed by atoms with Gasteiger partial charge in [0.15, 0.2) is 0 Å². The van der Waals surface area contributed by atoms with Crippen LogP contribution >= 0.6 is 0 Å². The van der Waals surface area contributed by atoms with E-state index in [1.165, 1.54) is 26.0 Å². The molecule has 1 unspecified atom stereocenters. The lowest BCUT2D eigenvalue weighted by molar-refractivity contribution is -0.384. The van der Waals surface area contributed by atoms with Crippen molar-refractivity contribution in [3.05, 3.63) is 28.3 Å². The molecule has 1 saturated carbocycles. The second-order valence-corrected chi connectivity index (χ2v) is 4.45. The van der Waals surface area contributed by atoms with Crippen LogP contribution in [0, 0.1) is 16.0 Å². The Hall–Kier alpha value is -1.78. The highest BCUT2D eigenvalue weighted by Gasteiger charge is 2.28. The normalized spacial score (nSPS) is 16.4. The molecule has 1 atom stereocenters. The molecule has 1 aliphatic carbocycles. The molecule has 2 rings (SSSR count). The molecule has 0 aromatic heterocycles. The summed E-state index contributed by atoms with van der Waals surface area (Å²) in [5.74, 6) is 1.20. The number of non-ortho nitro benzene ring substituents is 1. The van der Waals surface area contributed by atoms with Gasteiger partial charge in [0, 0.05) is 23.9 Å². The molecule has 1 aliphatic rings. The lowest BCUT2D eigenvalue weighted by Gasteiger charge is -2.14. The van der Waals surface area contributed by atoms with Crippen molar-refractivity contribution in [1.29, 1.82) is 0 Å². The molecule has 0 aliphatic heterocycles. The summed E-state index contributed by atoms with van der Waals surface area (Å²) in [6, 6.07) is 5.10. The predicted molar refractivity (Wildman–Crippen MR) is 65.5 cm³/mol. The smallest absolute Gasteiger partial charge is 0.275 e. The molecular weight excluding hydrogens is 220 g/mol. The van der Waals surface area contributed by atoms with Crippen LogP contribution in [0.2, 0.25) is 0 Å². The van der Waals surface area contributed by atoms with Gasteiger partial charge in [-0.15, -0.1) is 0 Å². The Kier molecular flexibility index (Phi) is 3.17. The van der Waals surface area contributed by atoms with Gasteiger partial charge in [0.05, 0.1) is 18.1 Å². The first-order chi connectivity index (χ1) is 8.10. The number of benzene rings is 1. The summed E-state index contributed by atoms with van der Waals surface area (Å²) < 4.78 is 5.06. The summed E-state index contributed by atoms with van der Waals surface area (Å²) in [6.45, 7) is 2.10. The Morgan fingerprint density at radius 3 is 2.71 bits per heavy atom. The van der Waals surface area contributed by atoms with Crippen molar-refractivity contribution in [2.45, 2.75) is 25.8 Å². The number of anilines is 1. The van der Waals surface area contributed by atoms with E-state index in [0.717, 1.165) is 5.69 Å². The van der Waals surface area contributed by atoms with Crippen molar-refractivity contribution in [1.82, 2.24) is 0 Å². The third kappa shape index (κ3) is 2.87. The van der Waals surface area contributed by atoms with Crippen LogP contribution in [0.3, 0.4) is 0 Å². The number of hydrogen-bond donors (Lipinski definition) is 1. The van der Waals surface area contributed by atoms with Crippen molar-refractivity contribution >= 4 is 11.4 Å². The van der Waals surface area contributed by atoms with E-state index in [1.807, 2.05) is 0 Å². The van der Waals surface area contributed by atoms with Crippen LogP contribution in [0.4, 0.5) is 11.4 Å². The number of nitrogens with zero attached hydrogens (tertiary/aromatic N) is 1. The fourth-order valence-corrected chi connectivity index (χ4v) is 1.87. The highest BCUT2D eigenvalue weighted by molar-refractivity contribution is 5.56. The third-order valence-electron chi connectivity index (χ3n) is 3.06. The molecule has 0 bridgehead atoms. The number of hydrogen-bond acceptors (Lipinski definition) is 4. The van der Waals surface area contributed by atoms with Gasteiger partial charge < -0.3 is 10.1 Å². The topological polar surface area (TPSA) is 64.4 Å². The molecule has 1 fully saturated rings. The lowest BCUT2D eigenvalue weighted by atomic mass is 10.2. The van der Waals surface area contributed by atoms with Gasteiger partial charge in [-0.05, 0) is 25.7 Å². The van der Waals surface area contributed by atoms with Crippen LogP contribution < -0.4 is 10.1 Å². The van der Waals surface area contributed by atoms with Crippen molar-refractivity contribution in [2.24, 2.45) is 5.92 Å². The van der Waals surface area contributed by atoms with Crippen LogP contribution in [0.25, 0.3) is 0 Å². The fourth-order valence-electron chi connectivity index (χ4n) is 1.87. The first-order valence-electron chi connectivity index (χ1n) is 5.70. The fraction of sp³-hybridized carbons (Fsp3) is 0.500. The Morgan fingerprint density at radius 1 is 1.47 bits per heavy atom. The monoisotopic (exact) mass is 236 g/mol. The van der Waals surface area contributed by atoms with E-state index in [0.29, 0.717) is 17.7 Å². The molecule has 1 N–H and O–H groups in total. The number of ether oxygens (including phenoxy) is 1. The summed E-state index contributed by atoms with van der Waals surface area (Å²) >= 11 is 0. The molecular formula is C12H16N2O3. The van der Waals surface area contributed by atoms with Gasteiger partial charge in [0.25, 0.3) is 5.69 Å². The lowest BCUT2D eigenvalue weighted by Crippen LogP contribution is -2.17. The first-order valence-corrected chi connectivity index (χ1v) is 5.70. The van der Waals surface area contributed by atoms with E-state index < -0.39 is 4.92 Å². The highest BCUT2D eigenvalue weighted by Crippen LogP contribution is 2.35. The van der Waals surface area contributed by atoms with Gasteiger partial charge >= 0.3 is 0 Å².